The quantitative estimate of drug-likeness (QED) is 0.783. The first-order valence-electron chi connectivity index (χ1n) is 7.32. The summed E-state index contributed by atoms with van der Waals surface area (Å²) in [5.41, 5.74) is 2.10. The number of aromatic nitrogens is 2. The highest BCUT2D eigenvalue weighted by molar-refractivity contribution is 6.04. The van der Waals surface area contributed by atoms with Gasteiger partial charge in [-0.05, 0) is 24.3 Å². The third-order valence-electron chi connectivity index (χ3n) is 3.54. The summed E-state index contributed by atoms with van der Waals surface area (Å²) in [5, 5.41) is 2.84. The van der Waals surface area contributed by atoms with E-state index in [2.05, 4.69) is 10.3 Å². The van der Waals surface area contributed by atoms with E-state index in [0.717, 1.165) is 5.69 Å². The number of imidazole rings is 1. The predicted molar refractivity (Wildman–Crippen MR) is 91.1 cm³/mol. The van der Waals surface area contributed by atoms with E-state index in [1.165, 1.54) is 0 Å². The molecule has 3 aromatic rings. The maximum absolute atomic E-state index is 12.4. The zero-order chi connectivity index (χ0) is 16.9. The number of nitrogens with zero attached hydrogens (tertiary/aromatic N) is 2. The van der Waals surface area contributed by atoms with Gasteiger partial charge in [-0.2, -0.15) is 0 Å². The summed E-state index contributed by atoms with van der Waals surface area (Å²) in [4.78, 5) is 16.4. The van der Waals surface area contributed by atoms with Gasteiger partial charge in [-0.15, -0.1) is 0 Å². The molecule has 0 saturated heterocycles. The van der Waals surface area contributed by atoms with Crippen LogP contribution in [-0.4, -0.2) is 29.7 Å². The molecule has 0 aliphatic carbocycles. The second kappa shape index (κ2) is 6.87. The van der Waals surface area contributed by atoms with Crippen LogP contribution in [0.5, 0.6) is 11.5 Å². The van der Waals surface area contributed by atoms with E-state index in [-0.39, 0.29) is 5.91 Å². The van der Waals surface area contributed by atoms with Crippen LogP contribution in [0.2, 0.25) is 0 Å². The van der Waals surface area contributed by atoms with Crippen LogP contribution >= 0.6 is 0 Å². The van der Waals surface area contributed by atoms with Crippen molar-refractivity contribution in [3.05, 3.63) is 66.7 Å². The maximum atomic E-state index is 12.4. The van der Waals surface area contributed by atoms with Gasteiger partial charge in [0.1, 0.15) is 11.5 Å². The smallest absolute Gasteiger partial charge is 0.255 e. The molecule has 1 aromatic heterocycles. The number of amides is 1. The lowest BCUT2D eigenvalue weighted by Crippen LogP contribution is -2.12. The summed E-state index contributed by atoms with van der Waals surface area (Å²) >= 11 is 0. The van der Waals surface area contributed by atoms with Crippen molar-refractivity contribution in [2.24, 2.45) is 0 Å². The number of rotatable bonds is 5. The van der Waals surface area contributed by atoms with Gasteiger partial charge < -0.3 is 19.4 Å². The molecule has 1 heterocycles. The molecule has 6 heteroatoms. The molecule has 6 nitrogen and oxygen atoms in total. The number of anilines is 1. The fraction of sp³-hybridized carbons (Fsp3) is 0.111. The summed E-state index contributed by atoms with van der Waals surface area (Å²) in [6.07, 6.45) is 5.26. The Morgan fingerprint density at radius 1 is 1.04 bits per heavy atom. The van der Waals surface area contributed by atoms with Crippen molar-refractivity contribution in [1.29, 1.82) is 0 Å². The second-order valence-corrected chi connectivity index (χ2v) is 5.07. The van der Waals surface area contributed by atoms with E-state index in [1.54, 1.807) is 57.1 Å². The van der Waals surface area contributed by atoms with Crippen LogP contribution in [0.4, 0.5) is 5.69 Å². The van der Waals surface area contributed by atoms with E-state index in [4.69, 9.17) is 9.47 Å². The minimum absolute atomic E-state index is 0.206. The molecule has 0 radical (unpaired) electrons. The maximum Gasteiger partial charge on any atom is 0.255 e. The molecule has 0 aliphatic rings. The van der Waals surface area contributed by atoms with Crippen molar-refractivity contribution < 1.29 is 14.3 Å². The van der Waals surface area contributed by atoms with Gasteiger partial charge in [0, 0.05) is 47.5 Å². The Kier molecular flexibility index (Phi) is 4.47. The molecule has 1 amide bonds. The molecule has 0 unspecified atom stereocenters. The Morgan fingerprint density at radius 2 is 1.71 bits per heavy atom. The normalized spacial score (nSPS) is 10.2. The van der Waals surface area contributed by atoms with Crippen LogP contribution < -0.4 is 14.8 Å². The molecule has 122 valence electrons. The first-order valence-corrected chi connectivity index (χ1v) is 7.32. The molecule has 1 N–H and O–H groups in total. The molecule has 0 bridgehead atoms. The summed E-state index contributed by atoms with van der Waals surface area (Å²) in [6.45, 7) is 0. The van der Waals surface area contributed by atoms with Gasteiger partial charge in [0.15, 0.2) is 0 Å². The van der Waals surface area contributed by atoms with Crippen molar-refractivity contribution in [3.63, 3.8) is 0 Å². The topological polar surface area (TPSA) is 65.4 Å². The molecule has 0 fully saturated rings. The first-order chi connectivity index (χ1) is 11.7. The number of ether oxygens (including phenoxy) is 2. The first kappa shape index (κ1) is 15.6. The number of hydrogen-bond donors (Lipinski definition) is 1. The highest BCUT2D eigenvalue weighted by Crippen LogP contribution is 2.26. The van der Waals surface area contributed by atoms with Crippen molar-refractivity contribution in [1.82, 2.24) is 9.55 Å². The zero-order valence-corrected chi connectivity index (χ0v) is 13.4. The average molecular weight is 323 g/mol. The Balaban J connectivity index is 1.77. The number of benzene rings is 2. The van der Waals surface area contributed by atoms with Crippen LogP contribution in [0.25, 0.3) is 5.69 Å². The van der Waals surface area contributed by atoms with Gasteiger partial charge in [0.25, 0.3) is 5.91 Å². The molecular formula is C18H17N3O3. The second-order valence-electron chi connectivity index (χ2n) is 5.07. The standard InChI is InChI=1S/C18H17N3O3/c1-23-16-9-14(10-17(11-16)24-2)20-18(22)13-3-5-15(6-4-13)21-8-7-19-12-21/h3-12H,1-2H3,(H,20,22). The number of carbonyl (C=O) groups excluding carboxylic acids is 1. The molecule has 0 aliphatic heterocycles. The van der Waals surface area contributed by atoms with Gasteiger partial charge in [0.05, 0.1) is 20.5 Å². The summed E-state index contributed by atoms with van der Waals surface area (Å²) in [7, 11) is 3.13. The van der Waals surface area contributed by atoms with Crippen LogP contribution in [0.15, 0.2) is 61.2 Å². The predicted octanol–water partition coefficient (Wildman–Crippen LogP) is 3.14. The van der Waals surface area contributed by atoms with E-state index in [0.29, 0.717) is 22.7 Å². The number of nitrogens with one attached hydrogen (secondary N) is 1. The molecule has 0 saturated carbocycles. The van der Waals surface area contributed by atoms with Gasteiger partial charge in [-0.3, -0.25) is 4.79 Å². The molecule has 24 heavy (non-hydrogen) atoms. The third-order valence-corrected chi connectivity index (χ3v) is 3.54. The minimum atomic E-state index is -0.206. The molecule has 0 atom stereocenters. The number of methoxy groups -OCH3 is 2. The molecule has 2 aromatic carbocycles. The van der Waals surface area contributed by atoms with Gasteiger partial charge in [0.2, 0.25) is 0 Å². The lowest BCUT2D eigenvalue weighted by atomic mass is 10.2. The van der Waals surface area contributed by atoms with Crippen molar-refractivity contribution in [2.45, 2.75) is 0 Å². The highest BCUT2D eigenvalue weighted by atomic mass is 16.5. The fourth-order valence-corrected chi connectivity index (χ4v) is 2.28. The van der Waals surface area contributed by atoms with Crippen molar-refractivity contribution in [2.75, 3.05) is 19.5 Å². The van der Waals surface area contributed by atoms with E-state index >= 15 is 0 Å². The van der Waals surface area contributed by atoms with Crippen LogP contribution in [-0.2, 0) is 0 Å². The van der Waals surface area contributed by atoms with Gasteiger partial charge in [-0.1, -0.05) is 0 Å². The Labute approximate surface area is 139 Å². The van der Waals surface area contributed by atoms with Gasteiger partial charge >= 0.3 is 0 Å². The van der Waals surface area contributed by atoms with Crippen molar-refractivity contribution >= 4 is 11.6 Å². The lowest BCUT2D eigenvalue weighted by molar-refractivity contribution is 0.102. The van der Waals surface area contributed by atoms with E-state index in [1.807, 2.05) is 22.9 Å². The van der Waals surface area contributed by atoms with Crippen LogP contribution in [0.1, 0.15) is 10.4 Å². The summed E-state index contributed by atoms with van der Waals surface area (Å²) in [6, 6.07) is 12.5. The van der Waals surface area contributed by atoms with Crippen LogP contribution in [0.3, 0.4) is 0 Å². The minimum Gasteiger partial charge on any atom is -0.497 e. The van der Waals surface area contributed by atoms with Gasteiger partial charge in [-0.25, -0.2) is 4.98 Å². The Hall–Kier alpha value is -3.28. The summed E-state index contributed by atoms with van der Waals surface area (Å²) < 4.78 is 12.3. The highest BCUT2D eigenvalue weighted by Gasteiger charge is 2.09. The summed E-state index contributed by atoms with van der Waals surface area (Å²) in [5.74, 6) is 1.02. The molecule has 3 rings (SSSR count). The SMILES string of the molecule is COc1cc(NC(=O)c2ccc(-n3ccnc3)cc2)cc(OC)c1. The Bertz CT molecular complexity index is 805. The lowest BCUT2D eigenvalue weighted by Gasteiger charge is -2.10. The number of carbonyl (C=O) groups is 1. The Morgan fingerprint density at radius 3 is 2.25 bits per heavy atom. The monoisotopic (exact) mass is 323 g/mol. The average Bonchev–Trinajstić information content (AvgIpc) is 3.16. The largest absolute Gasteiger partial charge is 0.497 e. The van der Waals surface area contributed by atoms with E-state index < -0.39 is 0 Å². The number of hydrogen-bond acceptors (Lipinski definition) is 4. The third kappa shape index (κ3) is 3.38. The molecular weight excluding hydrogens is 306 g/mol. The zero-order valence-electron chi connectivity index (χ0n) is 13.4. The van der Waals surface area contributed by atoms with Crippen LogP contribution in [0, 0.1) is 0 Å². The molecule has 0 spiro atoms. The fourth-order valence-electron chi connectivity index (χ4n) is 2.28. The van der Waals surface area contributed by atoms with E-state index in [9.17, 15) is 4.79 Å². The van der Waals surface area contributed by atoms with Crippen molar-refractivity contribution in [3.8, 4) is 17.2 Å².